The second kappa shape index (κ2) is 9.11. The smallest absolute Gasteiger partial charge is 0.244 e. The average Bonchev–Trinajstić information content (AvgIpc) is 2.61. The Bertz CT molecular complexity index is 952. The van der Waals surface area contributed by atoms with Crippen molar-refractivity contribution < 1.29 is 17.6 Å². The zero-order valence-electron chi connectivity index (χ0n) is 15.6. The van der Waals surface area contributed by atoms with Crippen LogP contribution in [-0.4, -0.2) is 26.6 Å². The molecule has 2 aromatic rings. The maximum atomic E-state index is 13.1. The number of carbonyl (C=O) groups is 1. The number of amides is 1. The highest BCUT2D eigenvalue weighted by Gasteiger charge is 2.32. The molecule has 0 heterocycles. The summed E-state index contributed by atoms with van der Waals surface area (Å²) in [6.45, 7) is 3.45. The average molecular weight is 447 g/mol. The summed E-state index contributed by atoms with van der Waals surface area (Å²) in [5.74, 6) is -0.854. The van der Waals surface area contributed by atoms with E-state index in [0.717, 1.165) is 10.6 Å². The molecule has 2 rings (SSSR count). The molecule has 2 atom stereocenters. The van der Waals surface area contributed by atoms with Gasteiger partial charge in [0.1, 0.15) is 11.9 Å². The second-order valence-electron chi connectivity index (χ2n) is 6.36. The summed E-state index contributed by atoms with van der Waals surface area (Å²) in [6, 6.07) is 8.68. The van der Waals surface area contributed by atoms with Crippen molar-refractivity contribution in [1.82, 2.24) is 5.32 Å². The van der Waals surface area contributed by atoms with Gasteiger partial charge in [0, 0.05) is 0 Å². The van der Waals surface area contributed by atoms with Crippen LogP contribution in [0.4, 0.5) is 10.1 Å². The third kappa shape index (κ3) is 5.37. The molecule has 2 aromatic carbocycles. The molecule has 0 aromatic heterocycles. The van der Waals surface area contributed by atoms with Crippen molar-refractivity contribution in [2.45, 2.75) is 32.4 Å². The van der Waals surface area contributed by atoms with E-state index >= 15 is 0 Å². The van der Waals surface area contributed by atoms with E-state index in [0.29, 0.717) is 5.56 Å². The Hall–Kier alpha value is -1.83. The first-order chi connectivity index (χ1) is 13.0. The fourth-order valence-electron chi connectivity index (χ4n) is 2.83. The lowest BCUT2D eigenvalue weighted by atomic mass is 10.1. The molecule has 1 amide bonds. The van der Waals surface area contributed by atoms with Gasteiger partial charge in [-0.05, 0) is 49.2 Å². The second-order valence-corrected chi connectivity index (χ2v) is 9.04. The monoisotopic (exact) mass is 446 g/mol. The van der Waals surface area contributed by atoms with Gasteiger partial charge in [-0.3, -0.25) is 9.10 Å². The molecule has 0 spiro atoms. The summed E-state index contributed by atoms with van der Waals surface area (Å²) in [7, 11) is -3.79. The quantitative estimate of drug-likeness (QED) is 0.677. The van der Waals surface area contributed by atoms with E-state index in [2.05, 4.69) is 5.32 Å². The van der Waals surface area contributed by atoms with Crippen LogP contribution in [0.3, 0.4) is 0 Å². The molecule has 1 N–H and O–H groups in total. The normalized spacial score (nSPS) is 13.6. The Morgan fingerprint density at radius 2 is 1.75 bits per heavy atom. The van der Waals surface area contributed by atoms with Crippen LogP contribution in [0.5, 0.6) is 0 Å². The number of sulfonamides is 1. The number of halogens is 3. The lowest BCUT2D eigenvalue weighted by Gasteiger charge is -2.31. The molecule has 9 heteroatoms. The molecule has 0 aliphatic carbocycles. The summed E-state index contributed by atoms with van der Waals surface area (Å²) in [4.78, 5) is 12.9. The lowest BCUT2D eigenvalue weighted by molar-refractivity contribution is -0.122. The first-order valence-electron chi connectivity index (χ1n) is 8.55. The summed E-state index contributed by atoms with van der Waals surface area (Å²) < 4.78 is 39.0. The molecule has 0 saturated heterocycles. The highest BCUT2D eigenvalue weighted by molar-refractivity contribution is 7.92. The van der Waals surface area contributed by atoms with Gasteiger partial charge >= 0.3 is 0 Å². The molecule has 0 bridgehead atoms. The predicted octanol–water partition coefficient (Wildman–Crippen LogP) is 4.55. The zero-order valence-corrected chi connectivity index (χ0v) is 17.9. The Kier molecular flexibility index (Phi) is 7.31. The number of nitrogens with zero attached hydrogens (tertiary/aromatic N) is 1. The minimum atomic E-state index is -3.79. The van der Waals surface area contributed by atoms with Crippen molar-refractivity contribution >= 4 is 44.8 Å². The van der Waals surface area contributed by atoms with Crippen molar-refractivity contribution in [3.8, 4) is 0 Å². The molecule has 0 unspecified atom stereocenters. The Morgan fingerprint density at radius 1 is 1.14 bits per heavy atom. The van der Waals surface area contributed by atoms with Crippen molar-refractivity contribution in [3.63, 3.8) is 0 Å². The third-order valence-corrected chi connectivity index (χ3v) is 6.14. The number of rotatable bonds is 7. The Morgan fingerprint density at radius 3 is 2.25 bits per heavy atom. The third-order valence-electron chi connectivity index (χ3n) is 4.22. The standard InChI is InChI=1S/C19H21Cl2FN2O3S/c1-4-18(19(25)23-12(2)13-5-7-14(22)8-6-13)24(28(3,26)27)15-9-10-16(20)17(21)11-15/h5-12,18H,4H2,1-3H3,(H,23,25)/t12-,18-/m0/s1. The van der Waals surface area contributed by atoms with Crippen molar-refractivity contribution in [1.29, 1.82) is 0 Å². The van der Waals surface area contributed by atoms with Gasteiger partial charge in [0.05, 0.1) is 28.0 Å². The highest BCUT2D eigenvalue weighted by atomic mass is 35.5. The van der Waals surface area contributed by atoms with Gasteiger partial charge < -0.3 is 5.32 Å². The van der Waals surface area contributed by atoms with Crippen LogP contribution < -0.4 is 9.62 Å². The predicted molar refractivity (Wildman–Crippen MR) is 111 cm³/mol. The van der Waals surface area contributed by atoms with E-state index in [4.69, 9.17) is 23.2 Å². The number of hydrogen-bond donors (Lipinski definition) is 1. The highest BCUT2D eigenvalue weighted by Crippen LogP contribution is 2.30. The van der Waals surface area contributed by atoms with E-state index in [1.165, 1.54) is 30.3 Å². The van der Waals surface area contributed by atoms with Crippen molar-refractivity contribution in [2.75, 3.05) is 10.6 Å². The number of nitrogens with one attached hydrogen (secondary N) is 1. The summed E-state index contributed by atoms with van der Waals surface area (Å²) in [5, 5.41) is 3.25. The topological polar surface area (TPSA) is 66.5 Å². The van der Waals surface area contributed by atoms with E-state index < -0.39 is 28.0 Å². The molecular weight excluding hydrogens is 426 g/mol. The van der Waals surface area contributed by atoms with E-state index in [-0.39, 0.29) is 28.0 Å². The lowest BCUT2D eigenvalue weighted by Crippen LogP contribution is -2.49. The molecule has 5 nitrogen and oxygen atoms in total. The number of anilines is 1. The molecular formula is C19H21Cl2FN2O3S. The van der Waals surface area contributed by atoms with Crippen molar-refractivity contribution in [3.05, 3.63) is 63.9 Å². The van der Waals surface area contributed by atoms with Crippen LogP contribution >= 0.6 is 23.2 Å². The van der Waals surface area contributed by atoms with Gasteiger partial charge in [-0.15, -0.1) is 0 Å². The van der Waals surface area contributed by atoms with Crippen LogP contribution in [-0.2, 0) is 14.8 Å². The first kappa shape index (κ1) is 22.5. The van der Waals surface area contributed by atoms with E-state index in [1.54, 1.807) is 26.0 Å². The maximum absolute atomic E-state index is 13.1. The SMILES string of the molecule is CC[C@@H](C(=O)N[C@@H](C)c1ccc(F)cc1)N(c1ccc(Cl)c(Cl)c1)S(C)(=O)=O. The molecule has 0 aliphatic rings. The van der Waals surface area contributed by atoms with Gasteiger partial charge in [0.2, 0.25) is 15.9 Å². The van der Waals surface area contributed by atoms with Gasteiger partial charge in [-0.2, -0.15) is 0 Å². The number of benzene rings is 2. The largest absolute Gasteiger partial charge is 0.348 e. The number of carbonyl (C=O) groups excluding carboxylic acids is 1. The van der Waals surface area contributed by atoms with Crippen LogP contribution in [0.15, 0.2) is 42.5 Å². The van der Waals surface area contributed by atoms with Crippen LogP contribution in [0, 0.1) is 5.82 Å². The molecule has 0 saturated carbocycles. The van der Waals surface area contributed by atoms with Crippen molar-refractivity contribution in [2.24, 2.45) is 0 Å². The van der Waals surface area contributed by atoms with Gasteiger partial charge in [0.25, 0.3) is 0 Å². The fraction of sp³-hybridized carbons (Fsp3) is 0.316. The summed E-state index contributed by atoms with van der Waals surface area (Å²) in [5.41, 5.74) is 0.943. The number of hydrogen-bond acceptors (Lipinski definition) is 3. The molecule has 0 fully saturated rings. The van der Waals surface area contributed by atoms with Crippen LogP contribution in [0.1, 0.15) is 31.9 Å². The van der Waals surface area contributed by atoms with Gasteiger partial charge in [0.15, 0.2) is 0 Å². The minimum Gasteiger partial charge on any atom is -0.348 e. The maximum Gasteiger partial charge on any atom is 0.244 e. The van der Waals surface area contributed by atoms with Gasteiger partial charge in [-0.1, -0.05) is 42.3 Å². The Labute approximate surface area is 174 Å². The molecule has 152 valence electrons. The first-order valence-corrected chi connectivity index (χ1v) is 11.1. The van der Waals surface area contributed by atoms with E-state index in [1.807, 2.05) is 0 Å². The summed E-state index contributed by atoms with van der Waals surface area (Å²) >= 11 is 11.9. The Balaban J connectivity index is 2.33. The fourth-order valence-corrected chi connectivity index (χ4v) is 4.32. The van der Waals surface area contributed by atoms with Gasteiger partial charge in [-0.25, -0.2) is 12.8 Å². The minimum absolute atomic E-state index is 0.183. The van der Waals surface area contributed by atoms with Crippen LogP contribution in [0.2, 0.25) is 10.0 Å². The zero-order chi connectivity index (χ0) is 21.1. The van der Waals surface area contributed by atoms with E-state index in [9.17, 15) is 17.6 Å². The molecule has 0 aliphatic heterocycles. The molecule has 28 heavy (non-hydrogen) atoms. The summed E-state index contributed by atoms with van der Waals surface area (Å²) in [6.07, 6.45) is 1.25. The van der Waals surface area contributed by atoms with Crippen LogP contribution in [0.25, 0.3) is 0 Å². The molecule has 0 radical (unpaired) electrons.